The highest BCUT2D eigenvalue weighted by molar-refractivity contribution is 6.03. The summed E-state index contributed by atoms with van der Waals surface area (Å²) in [6.07, 6.45) is 9.83. The second-order valence-corrected chi connectivity index (χ2v) is 9.35. The Balaban J connectivity index is 1.29. The number of aromatic nitrogens is 3. The molecule has 3 aromatic heterocycles. The molecule has 0 saturated heterocycles. The van der Waals surface area contributed by atoms with Gasteiger partial charge in [-0.05, 0) is 59.4 Å². The lowest BCUT2D eigenvalue weighted by Crippen LogP contribution is -2.02. The Kier molecular flexibility index (Phi) is 6.37. The van der Waals surface area contributed by atoms with Gasteiger partial charge in [-0.2, -0.15) is 0 Å². The van der Waals surface area contributed by atoms with Gasteiger partial charge in [0.25, 0.3) is 0 Å². The molecule has 0 radical (unpaired) electrons. The molecule has 0 aliphatic heterocycles. The molecule has 1 aliphatic carbocycles. The maximum Gasteiger partial charge on any atom is 0.138 e. The molecule has 1 aliphatic rings. The number of nitrogens with zero attached hydrogens (tertiary/aromatic N) is 3. The van der Waals surface area contributed by atoms with Crippen LogP contribution >= 0.6 is 0 Å². The molecule has 4 nitrogen and oxygen atoms in total. The average molecular weight is 494 g/mol. The van der Waals surface area contributed by atoms with Crippen molar-refractivity contribution in [1.29, 1.82) is 0 Å². The highest BCUT2D eigenvalue weighted by Crippen LogP contribution is 2.35. The van der Waals surface area contributed by atoms with E-state index in [0.717, 1.165) is 68.2 Å². The lowest BCUT2D eigenvalue weighted by Gasteiger charge is -2.19. The van der Waals surface area contributed by atoms with Gasteiger partial charge in [0.05, 0.1) is 16.7 Å². The van der Waals surface area contributed by atoms with Crippen molar-refractivity contribution < 1.29 is 4.74 Å². The first kappa shape index (κ1) is 23.6. The normalized spacial score (nSPS) is 13.2. The maximum atomic E-state index is 6.01. The van der Waals surface area contributed by atoms with Crippen molar-refractivity contribution in [3.8, 4) is 0 Å². The predicted octanol–water partition coefficient (Wildman–Crippen LogP) is 8.18. The highest BCUT2D eigenvalue weighted by Gasteiger charge is 2.17. The minimum atomic E-state index is 0.439. The fourth-order valence-corrected chi connectivity index (χ4v) is 4.86. The van der Waals surface area contributed by atoms with E-state index in [1.807, 2.05) is 54.7 Å². The largest absolute Gasteiger partial charge is 0.487 e. The zero-order valence-corrected chi connectivity index (χ0v) is 21.1. The zero-order valence-electron chi connectivity index (χ0n) is 21.1. The zero-order chi connectivity index (χ0) is 25.9. The van der Waals surface area contributed by atoms with Crippen LogP contribution in [0.15, 0.2) is 122 Å². The van der Waals surface area contributed by atoms with Crippen LogP contribution in [0, 0.1) is 0 Å². The summed E-state index contributed by atoms with van der Waals surface area (Å²) in [5.74, 6) is 0.536. The van der Waals surface area contributed by atoms with E-state index in [-0.39, 0.29) is 0 Å². The average Bonchev–Trinajstić information content (AvgIpc) is 2.99. The molecule has 38 heavy (non-hydrogen) atoms. The van der Waals surface area contributed by atoms with E-state index in [1.54, 1.807) is 6.20 Å². The van der Waals surface area contributed by atoms with Crippen LogP contribution in [-0.4, -0.2) is 15.0 Å². The standard InChI is InChI=1S/C34H27N3O/c1-23(30-14-8-20-35-32(30)24(2)38-22-25-9-4-3-5-10-25)28-11-6-12-29(21-28)31-18-17-27-16-15-26-13-7-19-36-33(26)34(27)37-31/h3-5,7-10,12-21H,1-2,6,11,22H2. The second-order valence-electron chi connectivity index (χ2n) is 9.35. The molecule has 0 saturated carbocycles. The van der Waals surface area contributed by atoms with Gasteiger partial charge in [0.1, 0.15) is 18.1 Å². The monoisotopic (exact) mass is 493 g/mol. The second kappa shape index (κ2) is 10.3. The molecule has 2 aromatic carbocycles. The fourth-order valence-electron chi connectivity index (χ4n) is 4.86. The Morgan fingerprint density at radius 1 is 0.789 bits per heavy atom. The molecule has 4 heteroatoms. The predicted molar refractivity (Wildman–Crippen MR) is 156 cm³/mol. The Labute approximate surface area is 222 Å². The van der Waals surface area contributed by atoms with Crippen molar-refractivity contribution in [3.05, 3.63) is 145 Å². The topological polar surface area (TPSA) is 47.9 Å². The minimum absolute atomic E-state index is 0.439. The van der Waals surface area contributed by atoms with Crippen LogP contribution in [-0.2, 0) is 11.3 Å². The Morgan fingerprint density at radius 2 is 1.55 bits per heavy atom. The maximum absolute atomic E-state index is 6.01. The minimum Gasteiger partial charge on any atom is -0.487 e. The summed E-state index contributed by atoms with van der Waals surface area (Å²) in [6.45, 7) is 9.08. The summed E-state index contributed by atoms with van der Waals surface area (Å²) in [5.41, 5.74) is 8.68. The van der Waals surface area contributed by atoms with E-state index >= 15 is 0 Å². The van der Waals surface area contributed by atoms with E-state index in [1.165, 1.54) is 0 Å². The van der Waals surface area contributed by atoms with E-state index in [0.29, 0.717) is 18.1 Å². The number of hydrogen-bond acceptors (Lipinski definition) is 4. The number of benzene rings is 2. The van der Waals surface area contributed by atoms with Crippen LogP contribution in [0.4, 0.5) is 0 Å². The van der Waals surface area contributed by atoms with Gasteiger partial charge in [-0.25, -0.2) is 4.98 Å². The third-order valence-electron chi connectivity index (χ3n) is 6.88. The van der Waals surface area contributed by atoms with Crippen LogP contribution in [0.2, 0.25) is 0 Å². The Bertz CT molecular complexity index is 1750. The lowest BCUT2D eigenvalue weighted by atomic mass is 9.88. The Hall–Kier alpha value is -4.83. The SMILES string of the molecule is C=C(C1=CC(c2ccc3ccc4cccnc4c3n2)=CCC1)c1cccnc1C(=C)OCc1ccccc1. The van der Waals surface area contributed by atoms with Crippen molar-refractivity contribution in [2.45, 2.75) is 19.4 Å². The molecule has 6 rings (SSSR count). The van der Waals surface area contributed by atoms with E-state index in [4.69, 9.17) is 9.72 Å². The third-order valence-corrected chi connectivity index (χ3v) is 6.88. The van der Waals surface area contributed by atoms with Gasteiger partial charge in [-0.3, -0.25) is 9.97 Å². The first-order chi connectivity index (χ1) is 18.7. The van der Waals surface area contributed by atoms with Crippen molar-refractivity contribution in [2.75, 3.05) is 0 Å². The van der Waals surface area contributed by atoms with Crippen molar-refractivity contribution in [2.24, 2.45) is 0 Å². The van der Waals surface area contributed by atoms with Crippen LogP contribution < -0.4 is 0 Å². The Morgan fingerprint density at radius 3 is 2.42 bits per heavy atom. The summed E-state index contributed by atoms with van der Waals surface area (Å²) in [6, 6.07) is 26.4. The summed E-state index contributed by atoms with van der Waals surface area (Å²) < 4.78 is 6.01. The van der Waals surface area contributed by atoms with Crippen LogP contribution in [0.1, 0.15) is 35.4 Å². The number of fused-ring (bicyclic) bond motifs is 3. The molecule has 0 fully saturated rings. The van der Waals surface area contributed by atoms with Gasteiger partial charge in [-0.1, -0.05) is 79.9 Å². The van der Waals surface area contributed by atoms with E-state index in [2.05, 4.69) is 65.6 Å². The van der Waals surface area contributed by atoms with Crippen molar-refractivity contribution in [1.82, 2.24) is 15.0 Å². The van der Waals surface area contributed by atoms with Crippen LogP contribution in [0.5, 0.6) is 0 Å². The van der Waals surface area contributed by atoms with Gasteiger partial charge in [-0.15, -0.1) is 0 Å². The molecular weight excluding hydrogens is 466 g/mol. The van der Waals surface area contributed by atoms with E-state index < -0.39 is 0 Å². The fraction of sp³-hybridized carbons (Fsp3) is 0.0882. The quantitative estimate of drug-likeness (QED) is 0.169. The molecule has 184 valence electrons. The number of rotatable bonds is 7. The third kappa shape index (κ3) is 4.64. The van der Waals surface area contributed by atoms with Crippen molar-refractivity contribution >= 4 is 38.7 Å². The van der Waals surface area contributed by atoms with Gasteiger partial charge < -0.3 is 4.74 Å². The molecule has 0 spiro atoms. The molecular formula is C34H27N3O. The number of ether oxygens (including phenoxy) is 1. The molecule has 0 bridgehead atoms. The highest BCUT2D eigenvalue weighted by atomic mass is 16.5. The smallest absolute Gasteiger partial charge is 0.138 e. The summed E-state index contributed by atoms with van der Waals surface area (Å²) in [5, 5.41) is 2.17. The first-order valence-corrected chi connectivity index (χ1v) is 12.7. The number of pyridine rings is 3. The summed E-state index contributed by atoms with van der Waals surface area (Å²) >= 11 is 0. The van der Waals surface area contributed by atoms with Crippen molar-refractivity contribution in [3.63, 3.8) is 0 Å². The summed E-state index contributed by atoms with van der Waals surface area (Å²) in [7, 11) is 0. The molecule has 3 heterocycles. The van der Waals surface area contributed by atoms with E-state index in [9.17, 15) is 0 Å². The van der Waals surface area contributed by atoms with Gasteiger partial charge in [0.15, 0.2) is 0 Å². The molecule has 0 atom stereocenters. The molecule has 0 unspecified atom stereocenters. The lowest BCUT2D eigenvalue weighted by molar-refractivity contribution is 0.264. The van der Waals surface area contributed by atoms with Gasteiger partial charge in [0.2, 0.25) is 0 Å². The van der Waals surface area contributed by atoms with Crippen LogP contribution in [0.3, 0.4) is 0 Å². The molecule has 5 aromatic rings. The summed E-state index contributed by atoms with van der Waals surface area (Å²) in [4.78, 5) is 14.2. The first-order valence-electron chi connectivity index (χ1n) is 12.7. The van der Waals surface area contributed by atoms with Gasteiger partial charge in [0, 0.05) is 28.7 Å². The molecule has 0 amide bonds. The van der Waals surface area contributed by atoms with Crippen LogP contribution in [0.25, 0.3) is 38.7 Å². The molecule has 0 N–H and O–H groups in total. The number of allylic oxidation sites excluding steroid dienone is 5. The number of hydrogen-bond donors (Lipinski definition) is 0. The van der Waals surface area contributed by atoms with Gasteiger partial charge >= 0.3 is 0 Å².